The third kappa shape index (κ3) is 1.32. The molecule has 0 aromatic carbocycles. The van der Waals surface area contributed by atoms with Crippen LogP contribution in [0.4, 0.5) is 0 Å². The molecule has 0 amide bonds. The maximum Gasteiger partial charge on any atom is 0.196 e. The van der Waals surface area contributed by atoms with E-state index in [-0.39, 0.29) is 0 Å². The fourth-order valence-corrected chi connectivity index (χ4v) is 0.503. The standard InChI is InChI=1S/C6H7N2O/c1-8-3-2-6(5-9)4-7-8/h2-5H,1H3/q+1. The number of carbonyl (C=O) groups excluding carboxylic acids is 1. The van der Waals surface area contributed by atoms with Crippen molar-refractivity contribution in [2.45, 2.75) is 0 Å². The molecular weight excluding hydrogens is 116 g/mol. The summed E-state index contributed by atoms with van der Waals surface area (Å²) in [5.41, 5.74) is 0.605. The number of nitrogens with zero attached hydrogens (tertiary/aromatic N) is 2. The molecule has 1 heterocycles. The normalized spacial score (nSPS) is 9.00. The predicted molar refractivity (Wildman–Crippen MR) is 30.8 cm³/mol. The van der Waals surface area contributed by atoms with Gasteiger partial charge in [-0.05, 0) is 5.10 Å². The van der Waals surface area contributed by atoms with E-state index in [9.17, 15) is 4.79 Å². The zero-order valence-corrected chi connectivity index (χ0v) is 5.11. The summed E-state index contributed by atoms with van der Waals surface area (Å²) in [6.45, 7) is 0. The molecule has 0 radical (unpaired) electrons. The van der Waals surface area contributed by atoms with Gasteiger partial charge in [-0.3, -0.25) is 4.79 Å². The predicted octanol–water partition coefficient (Wildman–Crippen LogP) is -0.281. The van der Waals surface area contributed by atoms with Gasteiger partial charge in [0.05, 0.1) is 0 Å². The molecule has 0 aliphatic carbocycles. The van der Waals surface area contributed by atoms with E-state index in [1.54, 1.807) is 24.0 Å². The Kier molecular flexibility index (Phi) is 1.53. The first-order valence-corrected chi connectivity index (χ1v) is 2.60. The van der Waals surface area contributed by atoms with Crippen LogP contribution >= 0.6 is 0 Å². The topological polar surface area (TPSA) is 33.8 Å². The van der Waals surface area contributed by atoms with Crippen molar-refractivity contribution in [3.8, 4) is 0 Å². The Morgan fingerprint density at radius 3 is 3.00 bits per heavy atom. The van der Waals surface area contributed by atoms with Gasteiger partial charge in [-0.15, -0.1) is 0 Å². The van der Waals surface area contributed by atoms with Gasteiger partial charge in [0.25, 0.3) is 0 Å². The Hall–Kier alpha value is -1.25. The molecule has 9 heavy (non-hydrogen) atoms. The van der Waals surface area contributed by atoms with Crippen LogP contribution in [0.15, 0.2) is 18.5 Å². The molecule has 0 aliphatic rings. The van der Waals surface area contributed by atoms with Crippen LogP contribution < -0.4 is 4.68 Å². The van der Waals surface area contributed by atoms with E-state index >= 15 is 0 Å². The average molecular weight is 123 g/mol. The molecule has 0 N–H and O–H groups in total. The van der Waals surface area contributed by atoms with E-state index in [1.165, 1.54) is 6.20 Å². The van der Waals surface area contributed by atoms with Crippen LogP contribution in [-0.2, 0) is 7.05 Å². The van der Waals surface area contributed by atoms with Crippen LogP contribution in [0.5, 0.6) is 0 Å². The summed E-state index contributed by atoms with van der Waals surface area (Å²) in [6, 6.07) is 1.71. The first-order chi connectivity index (χ1) is 4.33. The molecule has 0 aliphatic heterocycles. The lowest BCUT2D eigenvalue weighted by molar-refractivity contribution is -0.730. The van der Waals surface area contributed by atoms with Gasteiger partial charge < -0.3 is 0 Å². The van der Waals surface area contributed by atoms with Crippen molar-refractivity contribution in [3.05, 3.63) is 24.0 Å². The summed E-state index contributed by atoms with van der Waals surface area (Å²) in [5, 5.41) is 3.84. The highest BCUT2D eigenvalue weighted by molar-refractivity contribution is 5.73. The first-order valence-electron chi connectivity index (χ1n) is 2.60. The van der Waals surface area contributed by atoms with Crippen molar-refractivity contribution in [2.24, 2.45) is 7.05 Å². The Labute approximate surface area is 52.9 Å². The van der Waals surface area contributed by atoms with Gasteiger partial charge in [-0.1, -0.05) is 4.68 Å². The molecule has 46 valence electrons. The summed E-state index contributed by atoms with van der Waals surface area (Å²) < 4.78 is 1.63. The van der Waals surface area contributed by atoms with Crippen molar-refractivity contribution in [2.75, 3.05) is 0 Å². The second kappa shape index (κ2) is 2.35. The highest BCUT2D eigenvalue weighted by atomic mass is 16.1. The van der Waals surface area contributed by atoms with Gasteiger partial charge >= 0.3 is 0 Å². The number of aromatic nitrogens is 2. The van der Waals surface area contributed by atoms with Crippen LogP contribution in [0, 0.1) is 0 Å². The highest BCUT2D eigenvalue weighted by Crippen LogP contribution is 1.83. The van der Waals surface area contributed by atoms with Crippen LogP contribution in [0.2, 0.25) is 0 Å². The molecule has 0 bridgehead atoms. The quantitative estimate of drug-likeness (QED) is 0.380. The van der Waals surface area contributed by atoms with Crippen molar-refractivity contribution >= 4 is 6.29 Å². The fourth-order valence-electron chi connectivity index (χ4n) is 0.503. The van der Waals surface area contributed by atoms with Gasteiger partial charge in [0.15, 0.2) is 19.5 Å². The zero-order chi connectivity index (χ0) is 6.69. The van der Waals surface area contributed by atoms with Gasteiger partial charge in [0, 0.05) is 11.6 Å². The van der Waals surface area contributed by atoms with E-state index in [2.05, 4.69) is 5.10 Å². The number of rotatable bonds is 1. The lowest BCUT2D eigenvalue weighted by Crippen LogP contribution is -2.31. The molecular formula is C6H7N2O+. The van der Waals surface area contributed by atoms with E-state index in [1.807, 2.05) is 0 Å². The minimum absolute atomic E-state index is 0.605. The number of aryl methyl sites for hydroxylation is 1. The summed E-state index contributed by atoms with van der Waals surface area (Å²) in [7, 11) is 1.80. The van der Waals surface area contributed by atoms with Gasteiger partial charge in [-0.25, -0.2) is 0 Å². The molecule has 1 rings (SSSR count). The van der Waals surface area contributed by atoms with Crippen molar-refractivity contribution < 1.29 is 9.48 Å². The van der Waals surface area contributed by atoms with E-state index in [4.69, 9.17) is 0 Å². The van der Waals surface area contributed by atoms with Gasteiger partial charge in [0.1, 0.15) is 6.20 Å². The Morgan fingerprint density at radius 2 is 2.56 bits per heavy atom. The number of aldehydes is 1. The number of hydrogen-bond donors (Lipinski definition) is 0. The third-order valence-corrected chi connectivity index (χ3v) is 1.01. The second-order valence-corrected chi connectivity index (χ2v) is 1.75. The van der Waals surface area contributed by atoms with E-state index < -0.39 is 0 Å². The molecule has 3 nitrogen and oxygen atoms in total. The molecule has 1 aromatic heterocycles. The molecule has 0 spiro atoms. The maximum atomic E-state index is 10.1. The smallest absolute Gasteiger partial charge is 0.196 e. The van der Waals surface area contributed by atoms with Crippen LogP contribution in [-0.4, -0.2) is 11.4 Å². The maximum absolute atomic E-state index is 10.1. The largest absolute Gasteiger partial charge is 0.298 e. The van der Waals surface area contributed by atoms with Gasteiger partial charge in [-0.2, -0.15) is 0 Å². The summed E-state index contributed by atoms with van der Waals surface area (Å²) in [5.74, 6) is 0. The monoisotopic (exact) mass is 123 g/mol. The average Bonchev–Trinajstić information content (AvgIpc) is 1.90. The summed E-state index contributed by atoms with van der Waals surface area (Å²) in [4.78, 5) is 10.1. The summed E-state index contributed by atoms with van der Waals surface area (Å²) in [6.07, 6.45) is 4.02. The Balaban J connectivity index is 3.01. The first kappa shape index (κ1) is 5.88. The van der Waals surface area contributed by atoms with Crippen LogP contribution in [0.25, 0.3) is 0 Å². The highest BCUT2D eigenvalue weighted by Gasteiger charge is 1.92. The second-order valence-electron chi connectivity index (χ2n) is 1.75. The summed E-state index contributed by atoms with van der Waals surface area (Å²) >= 11 is 0. The molecule has 1 aromatic rings. The molecule has 0 saturated carbocycles. The molecule has 0 fully saturated rings. The fraction of sp³-hybridized carbons (Fsp3) is 0.167. The van der Waals surface area contributed by atoms with Crippen LogP contribution in [0.1, 0.15) is 10.4 Å². The van der Waals surface area contributed by atoms with Crippen molar-refractivity contribution in [3.63, 3.8) is 0 Å². The Morgan fingerprint density at radius 1 is 1.78 bits per heavy atom. The lowest BCUT2D eigenvalue weighted by Gasteiger charge is -1.82. The minimum Gasteiger partial charge on any atom is -0.298 e. The van der Waals surface area contributed by atoms with Crippen LogP contribution in [0.3, 0.4) is 0 Å². The Bertz CT molecular complexity index is 205. The van der Waals surface area contributed by atoms with E-state index in [0.29, 0.717) is 5.56 Å². The zero-order valence-electron chi connectivity index (χ0n) is 5.11. The molecule has 0 saturated heterocycles. The minimum atomic E-state index is 0.605. The molecule has 0 atom stereocenters. The SMILES string of the molecule is C[n+]1ccc(C=O)cn1. The van der Waals surface area contributed by atoms with Crippen molar-refractivity contribution in [1.82, 2.24) is 5.10 Å². The van der Waals surface area contributed by atoms with E-state index in [0.717, 1.165) is 6.29 Å². The van der Waals surface area contributed by atoms with Crippen molar-refractivity contribution in [1.29, 1.82) is 0 Å². The molecule has 0 unspecified atom stereocenters. The lowest BCUT2D eigenvalue weighted by atomic mass is 10.3. The third-order valence-electron chi connectivity index (χ3n) is 1.01. The molecule has 3 heteroatoms. The number of carbonyl (C=O) groups is 1. The number of hydrogen-bond acceptors (Lipinski definition) is 2. The van der Waals surface area contributed by atoms with Gasteiger partial charge in [0.2, 0.25) is 0 Å².